The highest BCUT2D eigenvalue weighted by atomic mass is 16.3. The van der Waals surface area contributed by atoms with Gasteiger partial charge < -0.3 is 15.1 Å². The van der Waals surface area contributed by atoms with Crippen LogP contribution < -0.4 is 10.6 Å². The van der Waals surface area contributed by atoms with Gasteiger partial charge in [-0.25, -0.2) is 0 Å². The maximum Gasteiger partial charge on any atom is 0.268 e. The van der Waals surface area contributed by atoms with Crippen molar-refractivity contribution in [1.82, 2.24) is 10.6 Å². The van der Waals surface area contributed by atoms with Crippen molar-refractivity contribution in [1.29, 1.82) is 0 Å². The third-order valence-electron chi connectivity index (χ3n) is 5.75. The molecule has 0 spiro atoms. The highest BCUT2D eigenvalue weighted by molar-refractivity contribution is 6.05. The zero-order valence-electron chi connectivity index (χ0n) is 20.0. The van der Waals surface area contributed by atoms with Gasteiger partial charge in [-0.15, -0.1) is 0 Å². The van der Waals surface area contributed by atoms with Crippen LogP contribution >= 0.6 is 0 Å². The first kappa shape index (κ1) is 23.8. The van der Waals surface area contributed by atoms with Gasteiger partial charge in [-0.05, 0) is 61.7 Å². The maximum absolute atomic E-state index is 13.6. The minimum absolute atomic E-state index is 0.0946. The molecule has 2 amide bonds. The van der Waals surface area contributed by atoms with Crippen LogP contribution in [0.15, 0.2) is 101 Å². The summed E-state index contributed by atoms with van der Waals surface area (Å²) in [5.41, 5.74) is 5.66. The fourth-order valence-corrected chi connectivity index (χ4v) is 4.00. The SMILES string of the molecule is Cc1cccc(C(=O)N/C(=C\c2ccco2)C(=O)N[C@@H](c2ccccc2)c2ccc(C)cc2C)c1. The van der Waals surface area contributed by atoms with Crippen molar-refractivity contribution in [2.24, 2.45) is 0 Å². The molecule has 0 aliphatic heterocycles. The zero-order valence-corrected chi connectivity index (χ0v) is 20.0. The van der Waals surface area contributed by atoms with Crippen molar-refractivity contribution < 1.29 is 14.0 Å². The Kier molecular flexibility index (Phi) is 7.27. The van der Waals surface area contributed by atoms with Crippen molar-refractivity contribution in [2.45, 2.75) is 26.8 Å². The van der Waals surface area contributed by atoms with Crippen molar-refractivity contribution >= 4 is 17.9 Å². The second-order valence-electron chi connectivity index (χ2n) is 8.57. The number of amides is 2. The van der Waals surface area contributed by atoms with E-state index in [0.717, 1.165) is 27.8 Å². The van der Waals surface area contributed by atoms with Crippen molar-refractivity contribution in [3.05, 3.63) is 136 Å². The largest absolute Gasteiger partial charge is 0.465 e. The zero-order chi connectivity index (χ0) is 24.8. The Morgan fingerprint density at radius 3 is 2.29 bits per heavy atom. The van der Waals surface area contributed by atoms with Crippen LogP contribution in [0.2, 0.25) is 0 Å². The number of furan rings is 1. The highest BCUT2D eigenvalue weighted by Gasteiger charge is 2.22. The fourth-order valence-electron chi connectivity index (χ4n) is 4.00. The lowest BCUT2D eigenvalue weighted by atomic mass is 9.93. The normalized spacial score (nSPS) is 12.1. The number of nitrogens with one attached hydrogen (secondary N) is 2. The van der Waals surface area contributed by atoms with Gasteiger partial charge in [0.25, 0.3) is 11.8 Å². The van der Waals surface area contributed by atoms with E-state index >= 15 is 0 Å². The highest BCUT2D eigenvalue weighted by Crippen LogP contribution is 2.26. The van der Waals surface area contributed by atoms with Gasteiger partial charge in [0, 0.05) is 11.6 Å². The number of hydrogen-bond acceptors (Lipinski definition) is 3. The summed E-state index contributed by atoms with van der Waals surface area (Å²) in [7, 11) is 0. The first-order valence-electron chi connectivity index (χ1n) is 11.5. The van der Waals surface area contributed by atoms with E-state index in [1.807, 2.05) is 75.4 Å². The predicted molar refractivity (Wildman–Crippen MR) is 138 cm³/mol. The van der Waals surface area contributed by atoms with E-state index in [0.29, 0.717) is 11.3 Å². The van der Waals surface area contributed by atoms with Gasteiger partial charge in [0.2, 0.25) is 0 Å². The third-order valence-corrected chi connectivity index (χ3v) is 5.75. The molecular weight excluding hydrogens is 436 g/mol. The number of rotatable bonds is 7. The lowest BCUT2D eigenvalue weighted by Crippen LogP contribution is -2.37. The van der Waals surface area contributed by atoms with Crippen LogP contribution in [0, 0.1) is 20.8 Å². The van der Waals surface area contributed by atoms with Gasteiger partial charge in [0.1, 0.15) is 11.5 Å². The molecule has 0 saturated heterocycles. The van der Waals surface area contributed by atoms with Crippen LogP contribution in [0.5, 0.6) is 0 Å². The van der Waals surface area contributed by atoms with Gasteiger partial charge in [-0.3, -0.25) is 9.59 Å². The van der Waals surface area contributed by atoms with Gasteiger partial charge in [0.05, 0.1) is 12.3 Å². The second kappa shape index (κ2) is 10.7. The molecule has 1 aromatic heterocycles. The van der Waals surface area contributed by atoms with Crippen LogP contribution in [-0.2, 0) is 4.79 Å². The van der Waals surface area contributed by atoms with Crippen LogP contribution in [0.4, 0.5) is 0 Å². The van der Waals surface area contributed by atoms with E-state index in [9.17, 15) is 9.59 Å². The molecule has 4 rings (SSSR count). The topological polar surface area (TPSA) is 71.3 Å². The molecule has 0 saturated carbocycles. The maximum atomic E-state index is 13.6. The predicted octanol–water partition coefficient (Wildman–Crippen LogP) is 5.88. The Morgan fingerprint density at radius 1 is 0.829 bits per heavy atom. The summed E-state index contributed by atoms with van der Waals surface area (Å²) in [6.07, 6.45) is 3.05. The molecule has 0 fully saturated rings. The average molecular weight is 465 g/mol. The monoisotopic (exact) mass is 464 g/mol. The van der Waals surface area contributed by atoms with Gasteiger partial charge in [-0.2, -0.15) is 0 Å². The molecule has 0 bridgehead atoms. The van der Waals surface area contributed by atoms with E-state index < -0.39 is 11.9 Å². The molecule has 0 aliphatic rings. The summed E-state index contributed by atoms with van der Waals surface area (Å²) in [5.74, 6) is -0.330. The summed E-state index contributed by atoms with van der Waals surface area (Å²) >= 11 is 0. The molecule has 1 heterocycles. The minimum Gasteiger partial charge on any atom is -0.465 e. The molecular formula is C30H28N2O3. The molecule has 0 unspecified atom stereocenters. The van der Waals surface area contributed by atoms with Crippen LogP contribution in [-0.4, -0.2) is 11.8 Å². The molecule has 3 aromatic carbocycles. The molecule has 0 radical (unpaired) electrons. The quantitative estimate of drug-likeness (QED) is 0.336. The van der Waals surface area contributed by atoms with E-state index in [4.69, 9.17) is 4.42 Å². The Morgan fingerprint density at radius 2 is 1.60 bits per heavy atom. The summed E-state index contributed by atoms with van der Waals surface area (Å²) in [6, 6.07) is 26.2. The van der Waals surface area contributed by atoms with Crippen molar-refractivity contribution in [2.75, 3.05) is 0 Å². The van der Waals surface area contributed by atoms with Crippen LogP contribution in [0.25, 0.3) is 6.08 Å². The molecule has 4 aromatic rings. The summed E-state index contributed by atoms with van der Waals surface area (Å²) in [6.45, 7) is 5.99. The van der Waals surface area contributed by atoms with Gasteiger partial charge in [-0.1, -0.05) is 71.8 Å². The smallest absolute Gasteiger partial charge is 0.268 e. The summed E-state index contributed by atoms with van der Waals surface area (Å²) in [5, 5.41) is 5.91. The lowest BCUT2D eigenvalue weighted by molar-refractivity contribution is -0.118. The summed E-state index contributed by atoms with van der Waals surface area (Å²) < 4.78 is 5.42. The Hall–Kier alpha value is -4.38. The Labute approximate surface area is 205 Å². The molecule has 0 aliphatic carbocycles. The van der Waals surface area contributed by atoms with Crippen LogP contribution in [0.3, 0.4) is 0 Å². The minimum atomic E-state index is -0.420. The van der Waals surface area contributed by atoms with E-state index in [1.165, 1.54) is 12.3 Å². The molecule has 5 heteroatoms. The molecule has 35 heavy (non-hydrogen) atoms. The number of hydrogen-bond donors (Lipinski definition) is 2. The van der Waals surface area contributed by atoms with Crippen molar-refractivity contribution in [3.8, 4) is 0 Å². The van der Waals surface area contributed by atoms with Gasteiger partial charge >= 0.3 is 0 Å². The first-order chi connectivity index (χ1) is 16.9. The Bertz CT molecular complexity index is 1360. The summed E-state index contributed by atoms with van der Waals surface area (Å²) in [4.78, 5) is 26.6. The second-order valence-corrected chi connectivity index (χ2v) is 8.57. The van der Waals surface area contributed by atoms with Crippen molar-refractivity contribution in [3.63, 3.8) is 0 Å². The number of benzene rings is 3. The third kappa shape index (κ3) is 5.95. The van der Waals surface area contributed by atoms with E-state index in [-0.39, 0.29) is 11.6 Å². The van der Waals surface area contributed by atoms with E-state index in [1.54, 1.807) is 24.3 Å². The molecule has 2 N–H and O–H groups in total. The fraction of sp³-hybridized carbons (Fsp3) is 0.133. The first-order valence-corrected chi connectivity index (χ1v) is 11.5. The number of carbonyl (C=O) groups is 2. The number of carbonyl (C=O) groups excluding carboxylic acids is 2. The van der Waals surface area contributed by atoms with Gasteiger partial charge in [0.15, 0.2) is 0 Å². The molecule has 176 valence electrons. The standard InChI is InChI=1S/C30H28N2O3/c1-20-9-7-12-24(18-20)29(33)31-27(19-25-13-8-16-35-25)30(34)32-28(23-10-5-4-6-11-23)26-15-14-21(2)17-22(26)3/h4-19,28H,1-3H3,(H,31,33)(H,32,34)/b27-19-/t28-/m0/s1. The number of aryl methyl sites for hydroxylation is 3. The molecule has 5 nitrogen and oxygen atoms in total. The Balaban J connectivity index is 1.68. The average Bonchev–Trinajstić information content (AvgIpc) is 3.36. The van der Waals surface area contributed by atoms with Crippen LogP contribution in [0.1, 0.15) is 50.0 Å². The lowest BCUT2D eigenvalue weighted by Gasteiger charge is -2.23. The van der Waals surface area contributed by atoms with E-state index in [2.05, 4.69) is 16.7 Å². The molecule has 1 atom stereocenters.